The molecule has 2 aromatic heterocycles. The molecule has 0 bridgehead atoms. The number of nitrogens with zero attached hydrogens (tertiary/aromatic N) is 3. The number of ether oxygens (including phenoxy) is 1. The number of carbonyl (C=O) groups excluding carboxylic acids is 1. The van der Waals surface area contributed by atoms with E-state index >= 15 is 0 Å². The zero-order chi connectivity index (χ0) is 18.9. The van der Waals surface area contributed by atoms with Gasteiger partial charge in [0, 0.05) is 0 Å². The van der Waals surface area contributed by atoms with Crippen LogP contribution in [0.25, 0.3) is 11.6 Å². The van der Waals surface area contributed by atoms with Crippen molar-refractivity contribution < 1.29 is 19.3 Å². The molecular weight excluding hydrogens is 364 g/mol. The van der Waals surface area contributed by atoms with Gasteiger partial charge in [-0.15, -0.1) is 10.2 Å². The van der Waals surface area contributed by atoms with E-state index in [4.69, 9.17) is 4.42 Å². The van der Waals surface area contributed by atoms with Crippen LogP contribution in [0.1, 0.15) is 12.0 Å². The maximum absolute atomic E-state index is 11.1. The first-order valence-electron chi connectivity index (χ1n) is 8.80. The number of methoxy groups -OCH3 is 1. The largest absolute Gasteiger partial charge is 0.469 e. The lowest BCUT2D eigenvalue weighted by molar-refractivity contribution is -0.649. The van der Waals surface area contributed by atoms with E-state index in [1.807, 2.05) is 30.3 Å². The van der Waals surface area contributed by atoms with E-state index in [1.165, 1.54) is 12.7 Å². The first kappa shape index (κ1) is 19.2. The molecule has 142 valence electrons. The van der Waals surface area contributed by atoms with Crippen molar-refractivity contribution >= 4 is 17.7 Å². The van der Waals surface area contributed by atoms with Crippen LogP contribution < -0.4 is 5.32 Å². The number of thioether (sulfide) groups is 1. The number of hydrogen-bond acceptors (Lipinski definition) is 6. The van der Waals surface area contributed by atoms with Crippen molar-refractivity contribution in [3.63, 3.8) is 0 Å². The molecule has 0 aliphatic carbocycles. The van der Waals surface area contributed by atoms with E-state index in [2.05, 4.69) is 37.0 Å². The van der Waals surface area contributed by atoms with Crippen LogP contribution in [-0.4, -0.2) is 46.7 Å². The van der Waals surface area contributed by atoms with Crippen molar-refractivity contribution in [2.24, 2.45) is 0 Å². The van der Waals surface area contributed by atoms with E-state index in [-0.39, 0.29) is 5.97 Å². The summed E-state index contributed by atoms with van der Waals surface area (Å²) in [5.41, 5.74) is 1.18. The molecule has 27 heavy (non-hydrogen) atoms. The monoisotopic (exact) mass is 387 g/mol. The Bertz CT molecular complexity index is 834. The van der Waals surface area contributed by atoms with E-state index in [0.717, 1.165) is 29.8 Å². The summed E-state index contributed by atoms with van der Waals surface area (Å²) in [7, 11) is 1.41. The van der Waals surface area contributed by atoms with Gasteiger partial charge in [0.2, 0.25) is 5.82 Å². The van der Waals surface area contributed by atoms with E-state index in [0.29, 0.717) is 18.7 Å². The predicted molar refractivity (Wildman–Crippen MR) is 102 cm³/mol. The highest BCUT2D eigenvalue weighted by atomic mass is 32.2. The van der Waals surface area contributed by atoms with Gasteiger partial charge in [0.25, 0.3) is 0 Å². The number of quaternary nitrogens is 1. The molecule has 0 saturated heterocycles. The Morgan fingerprint density at radius 3 is 2.78 bits per heavy atom. The minimum Gasteiger partial charge on any atom is -0.469 e. The molecule has 0 saturated carbocycles. The Morgan fingerprint density at radius 2 is 2.04 bits per heavy atom. The summed E-state index contributed by atoms with van der Waals surface area (Å²) in [6.07, 6.45) is 2.06. The number of benzene rings is 1. The summed E-state index contributed by atoms with van der Waals surface area (Å²) in [4.78, 5) is 11.1. The Hall–Kier alpha value is -2.58. The van der Waals surface area contributed by atoms with Gasteiger partial charge in [-0.3, -0.25) is 9.36 Å². The number of nitrogens with two attached hydrogens (primary N) is 1. The molecule has 0 fully saturated rings. The average Bonchev–Trinajstić information content (AvgIpc) is 3.35. The average molecular weight is 387 g/mol. The predicted octanol–water partition coefficient (Wildman–Crippen LogP) is 1.80. The number of carbonyl (C=O) groups is 1. The first-order valence-corrected chi connectivity index (χ1v) is 9.79. The summed E-state index contributed by atoms with van der Waals surface area (Å²) in [6, 6.07) is 14.0. The van der Waals surface area contributed by atoms with Gasteiger partial charge in [-0.1, -0.05) is 42.1 Å². The lowest BCUT2D eigenvalue weighted by Crippen LogP contribution is -2.85. The number of rotatable bonds is 10. The van der Waals surface area contributed by atoms with E-state index in [9.17, 15) is 4.79 Å². The number of furan rings is 1. The molecule has 0 aliphatic heterocycles. The highest BCUT2D eigenvalue weighted by Crippen LogP contribution is 2.25. The third kappa shape index (κ3) is 5.45. The summed E-state index contributed by atoms with van der Waals surface area (Å²) < 4.78 is 12.2. The van der Waals surface area contributed by atoms with Crippen LogP contribution in [0.5, 0.6) is 0 Å². The second-order valence-corrected chi connectivity index (χ2v) is 6.96. The lowest BCUT2D eigenvalue weighted by Gasteiger charge is -2.09. The van der Waals surface area contributed by atoms with Crippen LogP contribution in [0.15, 0.2) is 58.3 Å². The molecule has 0 aliphatic rings. The number of aromatic nitrogens is 3. The molecule has 3 aromatic rings. The normalized spacial score (nSPS) is 10.9. The highest BCUT2D eigenvalue weighted by molar-refractivity contribution is 7.99. The Morgan fingerprint density at radius 1 is 1.19 bits per heavy atom. The van der Waals surface area contributed by atoms with Gasteiger partial charge >= 0.3 is 5.97 Å². The van der Waals surface area contributed by atoms with Gasteiger partial charge < -0.3 is 14.5 Å². The third-order valence-electron chi connectivity index (χ3n) is 3.98. The fourth-order valence-corrected chi connectivity index (χ4v) is 3.46. The lowest BCUT2D eigenvalue weighted by atomic mass is 10.2. The zero-order valence-electron chi connectivity index (χ0n) is 15.2. The van der Waals surface area contributed by atoms with Gasteiger partial charge in [0.15, 0.2) is 10.9 Å². The topological polar surface area (TPSA) is 86.8 Å². The molecule has 7 nitrogen and oxygen atoms in total. The van der Waals surface area contributed by atoms with E-state index in [1.54, 1.807) is 18.0 Å². The highest BCUT2D eigenvalue weighted by Gasteiger charge is 2.16. The Labute approximate surface area is 162 Å². The van der Waals surface area contributed by atoms with Crippen molar-refractivity contribution in [2.75, 3.05) is 26.0 Å². The van der Waals surface area contributed by atoms with Gasteiger partial charge in [0.1, 0.15) is 0 Å². The van der Waals surface area contributed by atoms with Crippen LogP contribution in [0.3, 0.4) is 0 Å². The van der Waals surface area contributed by atoms with Crippen molar-refractivity contribution in [2.45, 2.75) is 18.1 Å². The zero-order valence-corrected chi connectivity index (χ0v) is 16.0. The van der Waals surface area contributed by atoms with Crippen molar-refractivity contribution in [1.29, 1.82) is 0 Å². The minimum absolute atomic E-state index is 0.176. The van der Waals surface area contributed by atoms with Crippen molar-refractivity contribution in [3.05, 3.63) is 54.3 Å². The first-order chi connectivity index (χ1) is 13.3. The van der Waals surface area contributed by atoms with Crippen LogP contribution in [0, 0.1) is 0 Å². The second kappa shape index (κ2) is 9.94. The van der Waals surface area contributed by atoms with Crippen LogP contribution in [-0.2, 0) is 16.1 Å². The molecule has 8 heteroatoms. The number of hydrogen-bond donors (Lipinski definition) is 1. The quantitative estimate of drug-likeness (QED) is 0.324. The molecule has 0 amide bonds. The molecule has 0 unspecified atom stereocenters. The second-order valence-electron chi connectivity index (χ2n) is 5.90. The minimum atomic E-state index is -0.176. The van der Waals surface area contributed by atoms with Gasteiger partial charge in [-0.2, -0.15) is 0 Å². The Balaban J connectivity index is 1.63. The fraction of sp³-hybridized carbons (Fsp3) is 0.316. The smallest absolute Gasteiger partial charge is 0.311 e. The van der Waals surface area contributed by atoms with Crippen molar-refractivity contribution in [3.8, 4) is 11.6 Å². The molecule has 2 N–H and O–H groups in total. The summed E-state index contributed by atoms with van der Waals surface area (Å²) >= 11 is 1.65. The Kier molecular flexibility index (Phi) is 7.06. The SMILES string of the molecule is COC(=O)CC[NH2+]CCSc1nnc(-c2ccco2)n1Cc1ccccc1. The van der Waals surface area contributed by atoms with Gasteiger partial charge in [0.05, 0.1) is 45.2 Å². The molecule has 0 atom stereocenters. The third-order valence-corrected chi connectivity index (χ3v) is 4.98. The maximum atomic E-state index is 11.1. The standard InChI is InChI=1S/C19H22N4O3S/c1-25-17(24)9-10-20-11-13-27-19-22-21-18(16-8-5-12-26-16)23(19)14-15-6-3-2-4-7-15/h2-8,12,20H,9-11,13-14H2,1H3/p+1. The van der Waals surface area contributed by atoms with Gasteiger partial charge in [-0.25, -0.2) is 0 Å². The van der Waals surface area contributed by atoms with Crippen molar-refractivity contribution in [1.82, 2.24) is 14.8 Å². The molecule has 0 spiro atoms. The molecule has 1 aromatic carbocycles. The maximum Gasteiger partial charge on any atom is 0.311 e. The molecule has 0 radical (unpaired) electrons. The van der Waals surface area contributed by atoms with Crippen LogP contribution in [0.4, 0.5) is 0 Å². The fourth-order valence-electron chi connectivity index (χ4n) is 2.59. The van der Waals surface area contributed by atoms with Crippen LogP contribution >= 0.6 is 11.8 Å². The summed E-state index contributed by atoms with van der Waals surface area (Å²) in [5.74, 6) is 2.12. The van der Waals surface area contributed by atoms with Gasteiger partial charge in [-0.05, 0) is 17.7 Å². The molecule has 3 rings (SSSR count). The summed E-state index contributed by atoms with van der Waals surface area (Å²) in [5, 5.41) is 11.6. The van der Waals surface area contributed by atoms with E-state index < -0.39 is 0 Å². The van der Waals surface area contributed by atoms with Crippen LogP contribution in [0.2, 0.25) is 0 Å². The number of esters is 1. The molecular formula is C19H23N4O3S+. The molecule has 2 heterocycles. The summed E-state index contributed by atoms with van der Waals surface area (Å²) in [6.45, 7) is 2.29.